The number of carbonyl (C=O) groups excluding carboxylic acids is 2. The van der Waals surface area contributed by atoms with Crippen LogP contribution in [0.15, 0.2) is 65.3 Å². The number of hydrogen-bond donors (Lipinski definition) is 1. The predicted molar refractivity (Wildman–Crippen MR) is 129 cm³/mol. The lowest BCUT2D eigenvalue weighted by molar-refractivity contribution is -0.123. The minimum absolute atomic E-state index is 0.0738. The van der Waals surface area contributed by atoms with Gasteiger partial charge in [0.1, 0.15) is 6.04 Å². The first-order valence-electron chi connectivity index (χ1n) is 11.5. The molecule has 0 spiro atoms. The second-order valence-corrected chi connectivity index (χ2v) is 8.47. The summed E-state index contributed by atoms with van der Waals surface area (Å²) in [4.78, 5) is 29.2. The molecule has 2 aromatic carbocycles. The van der Waals surface area contributed by atoms with Crippen LogP contribution < -0.4 is 19.7 Å². The average molecular weight is 463 g/mol. The van der Waals surface area contributed by atoms with Crippen molar-refractivity contribution in [3.8, 4) is 11.5 Å². The van der Waals surface area contributed by atoms with Crippen molar-refractivity contribution >= 4 is 17.5 Å². The zero-order chi connectivity index (χ0) is 24.1. The molecular weight excluding hydrogens is 432 g/mol. The number of rotatable bonds is 8. The summed E-state index contributed by atoms with van der Waals surface area (Å²) >= 11 is 0. The monoisotopic (exact) mass is 462 g/mol. The maximum atomic E-state index is 13.9. The Balaban J connectivity index is 1.89. The topological polar surface area (TPSA) is 81.0 Å². The lowest BCUT2D eigenvalue weighted by Crippen LogP contribution is -2.46. The largest absolute Gasteiger partial charge is 0.493 e. The van der Waals surface area contributed by atoms with Gasteiger partial charge in [-0.25, -0.2) is 0 Å². The van der Waals surface area contributed by atoms with E-state index in [1.54, 1.807) is 37.4 Å². The average Bonchev–Trinajstić information content (AvgIpc) is 3.56. The fraction of sp³-hybridized carbons (Fsp3) is 0.333. The highest BCUT2D eigenvalue weighted by Crippen LogP contribution is 2.40. The number of para-hydroxylation sites is 1. The van der Waals surface area contributed by atoms with Crippen LogP contribution in [0.3, 0.4) is 0 Å². The molecule has 1 saturated carbocycles. The zero-order valence-electron chi connectivity index (χ0n) is 19.7. The highest BCUT2D eigenvalue weighted by molar-refractivity contribution is 6.09. The van der Waals surface area contributed by atoms with Crippen LogP contribution in [0.1, 0.15) is 53.4 Å². The van der Waals surface area contributed by atoms with Gasteiger partial charge in [0, 0.05) is 17.3 Å². The molecule has 4 rings (SSSR count). The summed E-state index contributed by atoms with van der Waals surface area (Å²) in [6.45, 7) is 1.94. The Labute approximate surface area is 199 Å². The maximum Gasteiger partial charge on any atom is 0.294 e. The molecule has 1 aliphatic rings. The Hall–Kier alpha value is -3.74. The van der Waals surface area contributed by atoms with Gasteiger partial charge in [-0.1, -0.05) is 37.1 Å². The first kappa shape index (κ1) is 23.4. The number of hydrogen-bond acceptors (Lipinski definition) is 5. The number of benzene rings is 2. The fourth-order valence-corrected chi connectivity index (χ4v) is 4.56. The van der Waals surface area contributed by atoms with Crippen LogP contribution in [0.4, 0.5) is 5.69 Å². The Kier molecular flexibility index (Phi) is 7.21. The summed E-state index contributed by atoms with van der Waals surface area (Å²) in [6.07, 6.45) is 5.44. The van der Waals surface area contributed by atoms with Gasteiger partial charge in [-0.05, 0) is 55.7 Å². The molecule has 1 unspecified atom stereocenters. The number of furan rings is 1. The van der Waals surface area contributed by atoms with E-state index in [0.29, 0.717) is 22.7 Å². The number of nitrogens with one attached hydrogen (secondary N) is 1. The van der Waals surface area contributed by atoms with Gasteiger partial charge in [-0.2, -0.15) is 0 Å². The second kappa shape index (κ2) is 10.5. The molecule has 34 heavy (non-hydrogen) atoms. The molecule has 1 N–H and O–H groups in total. The molecule has 178 valence electrons. The lowest BCUT2D eigenvalue weighted by atomic mass is 10.00. The summed E-state index contributed by atoms with van der Waals surface area (Å²) in [6, 6.07) is 15.2. The van der Waals surface area contributed by atoms with E-state index < -0.39 is 11.9 Å². The molecule has 2 amide bonds. The van der Waals surface area contributed by atoms with E-state index in [9.17, 15) is 9.59 Å². The van der Waals surface area contributed by atoms with Crippen LogP contribution in [-0.2, 0) is 4.79 Å². The molecule has 1 aromatic heterocycles. The number of nitrogens with zero attached hydrogens (tertiary/aromatic N) is 1. The molecule has 1 heterocycles. The minimum Gasteiger partial charge on any atom is -0.493 e. The van der Waals surface area contributed by atoms with Crippen LogP contribution >= 0.6 is 0 Å². The predicted octanol–water partition coefficient (Wildman–Crippen LogP) is 5.05. The molecule has 3 aromatic rings. The van der Waals surface area contributed by atoms with Crippen LogP contribution in [0.25, 0.3) is 0 Å². The van der Waals surface area contributed by atoms with Crippen molar-refractivity contribution in [1.29, 1.82) is 0 Å². The Morgan fingerprint density at radius 2 is 1.79 bits per heavy atom. The Bertz CT molecular complexity index is 1140. The van der Waals surface area contributed by atoms with Gasteiger partial charge in [0.05, 0.1) is 20.5 Å². The SMILES string of the molecule is COc1cccc(C(C(=O)NC2CCCC2)N(C(=O)c2ccco2)c2cccc(C)c2)c1OC. The highest BCUT2D eigenvalue weighted by atomic mass is 16.5. The van der Waals surface area contributed by atoms with Crippen molar-refractivity contribution in [2.24, 2.45) is 0 Å². The van der Waals surface area contributed by atoms with Crippen molar-refractivity contribution < 1.29 is 23.5 Å². The van der Waals surface area contributed by atoms with Gasteiger partial charge >= 0.3 is 0 Å². The van der Waals surface area contributed by atoms with E-state index >= 15 is 0 Å². The van der Waals surface area contributed by atoms with Crippen LogP contribution in [0.2, 0.25) is 0 Å². The summed E-state index contributed by atoms with van der Waals surface area (Å²) in [5, 5.41) is 3.17. The molecule has 7 heteroatoms. The van der Waals surface area contributed by atoms with Gasteiger partial charge in [0.2, 0.25) is 5.91 Å². The van der Waals surface area contributed by atoms with Gasteiger partial charge in [-0.3, -0.25) is 14.5 Å². The first-order chi connectivity index (χ1) is 16.5. The van der Waals surface area contributed by atoms with Crippen molar-refractivity contribution in [2.75, 3.05) is 19.1 Å². The normalized spacial score (nSPS) is 14.4. The molecule has 0 saturated heterocycles. The van der Waals surface area contributed by atoms with E-state index in [1.165, 1.54) is 18.3 Å². The van der Waals surface area contributed by atoms with Gasteiger partial charge < -0.3 is 19.2 Å². The quantitative estimate of drug-likeness (QED) is 0.507. The van der Waals surface area contributed by atoms with E-state index in [-0.39, 0.29) is 17.7 Å². The third kappa shape index (κ3) is 4.78. The standard InChI is InChI=1S/C27H30N2O5/c1-18-9-6-12-20(17-18)29(27(31)23-15-8-16-34-23)24(26(30)28-19-10-4-5-11-19)21-13-7-14-22(32-2)25(21)33-3/h6-9,12-17,19,24H,4-5,10-11H2,1-3H3,(H,28,30). The summed E-state index contributed by atoms with van der Waals surface area (Å²) < 4.78 is 16.6. The number of carbonyl (C=O) groups is 2. The zero-order valence-corrected chi connectivity index (χ0v) is 19.7. The van der Waals surface area contributed by atoms with Gasteiger partial charge in [0.25, 0.3) is 5.91 Å². The van der Waals surface area contributed by atoms with Crippen molar-refractivity contribution in [3.63, 3.8) is 0 Å². The minimum atomic E-state index is -1.01. The van der Waals surface area contributed by atoms with Gasteiger partial charge in [-0.15, -0.1) is 0 Å². The number of anilines is 1. The Morgan fingerprint density at radius 1 is 1.03 bits per heavy atom. The van der Waals surface area contributed by atoms with E-state index in [4.69, 9.17) is 13.9 Å². The van der Waals surface area contributed by atoms with Crippen LogP contribution in [0.5, 0.6) is 11.5 Å². The summed E-state index contributed by atoms with van der Waals surface area (Å²) in [7, 11) is 3.07. The summed E-state index contributed by atoms with van der Waals surface area (Å²) in [5.74, 6) is 0.323. The molecule has 1 atom stereocenters. The molecule has 0 bridgehead atoms. The molecule has 7 nitrogen and oxygen atoms in total. The maximum absolute atomic E-state index is 13.9. The van der Waals surface area contributed by atoms with Crippen LogP contribution in [-0.4, -0.2) is 32.1 Å². The molecule has 1 aliphatic carbocycles. The highest BCUT2D eigenvalue weighted by Gasteiger charge is 2.38. The second-order valence-electron chi connectivity index (χ2n) is 8.47. The van der Waals surface area contributed by atoms with E-state index in [0.717, 1.165) is 31.2 Å². The van der Waals surface area contributed by atoms with Gasteiger partial charge in [0.15, 0.2) is 17.3 Å². The number of amides is 2. The smallest absolute Gasteiger partial charge is 0.294 e. The Morgan fingerprint density at radius 3 is 2.44 bits per heavy atom. The number of ether oxygens (including phenoxy) is 2. The third-order valence-electron chi connectivity index (χ3n) is 6.17. The number of methoxy groups -OCH3 is 2. The summed E-state index contributed by atoms with van der Waals surface area (Å²) in [5.41, 5.74) is 2.07. The molecule has 1 fully saturated rings. The van der Waals surface area contributed by atoms with E-state index in [2.05, 4.69) is 5.32 Å². The number of aryl methyl sites for hydroxylation is 1. The third-order valence-corrected chi connectivity index (χ3v) is 6.17. The van der Waals surface area contributed by atoms with Crippen LogP contribution in [0, 0.1) is 6.92 Å². The molecular formula is C27H30N2O5. The fourth-order valence-electron chi connectivity index (χ4n) is 4.56. The lowest BCUT2D eigenvalue weighted by Gasteiger charge is -2.33. The van der Waals surface area contributed by atoms with Crippen molar-refractivity contribution in [2.45, 2.75) is 44.7 Å². The first-order valence-corrected chi connectivity index (χ1v) is 11.5. The molecule has 0 radical (unpaired) electrons. The van der Waals surface area contributed by atoms with Crippen molar-refractivity contribution in [3.05, 3.63) is 77.7 Å². The molecule has 0 aliphatic heterocycles. The van der Waals surface area contributed by atoms with Crippen molar-refractivity contribution in [1.82, 2.24) is 5.32 Å². The van der Waals surface area contributed by atoms with E-state index in [1.807, 2.05) is 31.2 Å².